The zero-order valence-electron chi connectivity index (χ0n) is 10.2. The van der Waals surface area contributed by atoms with Gasteiger partial charge in [0.1, 0.15) is 5.01 Å². The van der Waals surface area contributed by atoms with E-state index in [0.29, 0.717) is 5.92 Å². The molecule has 1 atom stereocenters. The maximum absolute atomic E-state index is 4.90. The summed E-state index contributed by atoms with van der Waals surface area (Å²) in [7, 11) is 2.03. The van der Waals surface area contributed by atoms with E-state index in [1.807, 2.05) is 18.4 Å². The van der Waals surface area contributed by atoms with Crippen LogP contribution in [-0.4, -0.2) is 18.6 Å². The number of rotatable bonds is 3. The quantitative estimate of drug-likeness (QED) is 0.900. The van der Waals surface area contributed by atoms with Crippen molar-refractivity contribution in [3.63, 3.8) is 0 Å². The van der Waals surface area contributed by atoms with Crippen molar-refractivity contribution in [3.05, 3.63) is 26.5 Å². The van der Waals surface area contributed by atoms with Crippen molar-refractivity contribution < 1.29 is 0 Å². The number of thiazole rings is 1. The van der Waals surface area contributed by atoms with Crippen LogP contribution in [0.25, 0.3) is 9.88 Å². The number of hydrogen-bond acceptors (Lipinski definition) is 4. The molecule has 1 aliphatic carbocycles. The predicted octanol–water partition coefficient (Wildman–Crippen LogP) is 4.27. The van der Waals surface area contributed by atoms with E-state index in [4.69, 9.17) is 4.98 Å². The first-order valence-electron chi connectivity index (χ1n) is 6.16. The van der Waals surface area contributed by atoms with Crippen molar-refractivity contribution in [1.82, 2.24) is 10.3 Å². The molecule has 1 N–H and O–H groups in total. The van der Waals surface area contributed by atoms with E-state index in [-0.39, 0.29) is 0 Å². The Hall–Kier alpha value is -0.230. The molecular weight excluding hydrogens is 328 g/mol. The van der Waals surface area contributed by atoms with Crippen molar-refractivity contribution >= 4 is 38.6 Å². The molecule has 0 saturated carbocycles. The fourth-order valence-corrected chi connectivity index (χ4v) is 5.16. The van der Waals surface area contributed by atoms with E-state index in [1.54, 1.807) is 11.3 Å². The third kappa shape index (κ3) is 2.41. The van der Waals surface area contributed by atoms with Crippen molar-refractivity contribution in [3.8, 4) is 9.88 Å². The van der Waals surface area contributed by atoms with Gasteiger partial charge < -0.3 is 5.32 Å². The van der Waals surface area contributed by atoms with Crippen LogP contribution in [-0.2, 0) is 6.42 Å². The smallest absolute Gasteiger partial charge is 0.133 e. The average molecular weight is 343 g/mol. The zero-order chi connectivity index (χ0) is 12.5. The SMILES string of the molecule is CNCC1CCCc2sc(-c3cc(Br)cs3)nc21. The number of thiophene rings is 1. The number of fused-ring (bicyclic) bond motifs is 1. The first kappa shape index (κ1) is 12.8. The van der Waals surface area contributed by atoms with Gasteiger partial charge in [0.25, 0.3) is 0 Å². The molecule has 0 aromatic carbocycles. The number of halogens is 1. The molecule has 0 saturated heterocycles. The predicted molar refractivity (Wildman–Crippen MR) is 82.7 cm³/mol. The second-order valence-electron chi connectivity index (χ2n) is 4.60. The summed E-state index contributed by atoms with van der Waals surface area (Å²) in [6.07, 6.45) is 3.78. The van der Waals surface area contributed by atoms with Gasteiger partial charge in [0, 0.05) is 27.2 Å². The molecule has 0 fully saturated rings. The van der Waals surface area contributed by atoms with Crippen LogP contribution in [0.2, 0.25) is 0 Å². The van der Waals surface area contributed by atoms with Crippen LogP contribution >= 0.6 is 38.6 Å². The van der Waals surface area contributed by atoms with Gasteiger partial charge in [-0.2, -0.15) is 0 Å². The first-order valence-corrected chi connectivity index (χ1v) is 8.65. The maximum atomic E-state index is 4.90. The van der Waals surface area contributed by atoms with Gasteiger partial charge in [-0.25, -0.2) is 4.98 Å². The van der Waals surface area contributed by atoms with Gasteiger partial charge in [0.2, 0.25) is 0 Å². The van der Waals surface area contributed by atoms with Crippen molar-refractivity contribution in [1.29, 1.82) is 0 Å². The van der Waals surface area contributed by atoms with Crippen molar-refractivity contribution in [2.75, 3.05) is 13.6 Å². The first-order chi connectivity index (χ1) is 8.78. The summed E-state index contributed by atoms with van der Waals surface area (Å²) in [5.74, 6) is 0.604. The maximum Gasteiger partial charge on any atom is 0.133 e. The molecule has 2 nitrogen and oxygen atoms in total. The van der Waals surface area contributed by atoms with E-state index in [1.165, 1.54) is 39.7 Å². The van der Waals surface area contributed by atoms with E-state index in [2.05, 4.69) is 32.7 Å². The monoisotopic (exact) mass is 342 g/mol. The number of nitrogens with zero attached hydrogens (tertiary/aromatic N) is 1. The lowest BCUT2D eigenvalue weighted by atomic mass is 9.91. The summed E-state index contributed by atoms with van der Waals surface area (Å²) in [6.45, 7) is 1.05. The molecule has 0 spiro atoms. The summed E-state index contributed by atoms with van der Waals surface area (Å²) in [4.78, 5) is 7.69. The Labute approximate surface area is 124 Å². The molecule has 2 aromatic heterocycles. The van der Waals surface area contributed by atoms with E-state index in [0.717, 1.165) is 11.0 Å². The molecule has 1 unspecified atom stereocenters. The second kappa shape index (κ2) is 5.41. The average Bonchev–Trinajstić information content (AvgIpc) is 2.95. The summed E-state index contributed by atoms with van der Waals surface area (Å²) in [6, 6.07) is 2.17. The van der Waals surface area contributed by atoms with Crippen LogP contribution in [0.5, 0.6) is 0 Å². The van der Waals surface area contributed by atoms with Gasteiger partial charge in [0.05, 0.1) is 10.6 Å². The minimum absolute atomic E-state index is 0.604. The van der Waals surface area contributed by atoms with Crippen LogP contribution in [0, 0.1) is 0 Å². The Morgan fingerprint density at radius 1 is 1.56 bits per heavy atom. The molecule has 96 valence electrons. The van der Waals surface area contributed by atoms with Gasteiger partial charge in [-0.15, -0.1) is 22.7 Å². The third-order valence-corrected chi connectivity index (χ3v) is 6.29. The second-order valence-corrected chi connectivity index (χ2v) is 7.51. The molecule has 0 bridgehead atoms. The summed E-state index contributed by atoms with van der Waals surface area (Å²) in [5.41, 5.74) is 1.35. The fourth-order valence-electron chi connectivity index (χ4n) is 2.48. The number of aromatic nitrogens is 1. The lowest BCUT2D eigenvalue weighted by Gasteiger charge is -2.20. The minimum Gasteiger partial charge on any atom is -0.319 e. The normalized spacial score (nSPS) is 18.9. The Morgan fingerprint density at radius 3 is 3.17 bits per heavy atom. The zero-order valence-corrected chi connectivity index (χ0v) is 13.4. The summed E-state index contributed by atoms with van der Waals surface area (Å²) < 4.78 is 1.16. The number of likely N-dealkylation sites (N-methyl/N-ethyl adjacent to an activating group) is 1. The topological polar surface area (TPSA) is 24.9 Å². The van der Waals surface area contributed by atoms with E-state index >= 15 is 0 Å². The van der Waals surface area contributed by atoms with E-state index < -0.39 is 0 Å². The molecule has 5 heteroatoms. The Morgan fingerprint density at radius 2 is 2.44 bits per heavy atom. The molecule has 18 heavy (non-hydrogen) atoms. The van der Waals surface area contributed by atoms with Gasteiger partial charge in [0.15, 0.2) is 0 Å². The molecular formula is C13H15BrN2S2. The summed E-state index contributed by atoms with van der Waals surface area (Å²) >= 11 is 7.16. The molecule has 3 rings (SSSR count). The largest absolute Gasteiger partial charge is 0.319 e. The lowest BCUT2D eigenvalue weighted by Crippen LogP contribution is -2.20. The number of aryl methyl sites for hydroxylation is 1. The molecule has 1 aliphatic rings. The van der Waals surface area contributed by atoms with Crippen LogP contribution < -0.4 is 5.32 Å². The highest BCUT2D eigenvalue weighted by Crippen LogP contribution is 2.40. The van der Waals surface area contributed by atoms with Crippen LogP contribution in [0.3, 0.4) is 0 Å². The highest BCUT2D eigenvalue weighted by molar-refractivity contribution is 9.10. The number of nitrogens with one attached hydrogen (secondary N) is 1. The summed E-state index contributed by atoms with van der Waals surface area (Å²) in [5, 5.41) is 6.61. The van der Waals surface area contributed by atoms with Gasteiger partial charge in [-0.05, 0) is 48.3 Å². The fraction of sp³-hybridized carbons (Fsp3) is 0.462. The van der Waals surface area contributed by atoms with Gasteiger partial charge in [-0.3, -0.25) is 0 Å². The molecule has 2 aromatic rings. The van der Waals surface area contributed by atoms with Crippen molar-refractivity contribution in [2.24, 2.45) is 0 Å². The van der Waals surface area contributed by atoms with Crippen LogP contribution in [0.4, 0.5) is 0 Å². The Bertz CT molecular complexity index is 547. The highest BCUT2D eigenvalue weighted by Gasteiger charge is 2.24. The Kier molecular flexibility index (Phi) is 3.84. The van der Waals surface area contributed by atoms with Gasteiger partial charge in [-0.1, -0.05) is 0 Å². The van der Waals surface area contributed by atoms with Crippen LogP contribution in [0.1, 0.15) is 29.3 Å². The van der Waals surface area contributed by atoms with Crippen LogP contribution in [0.15, 0.2) is 15.9 Å². The molecule has 2 heterocycles. The third-order valence-electron chi connectivity index (χ3n) is 3.30. The molecule has 0 amide bonds. The molecule has 0 radical (unpaired) electrons. The van der Waals surface area contributed by atoms with Crippen molar-refractivity contribution in [2.45, 2.75) is 25.2 Å². The standard InChI is InChI=1S/C13H15BrN2S2/c1-15-6-8-3-2-4-10-12(8)16-13(18-10)11-5-9(14)7-17-11/h5,7-8,15H,2-4,6H2,1H3. The van der Waals surface area contributed by atoms with E-state index in [9.17, 15) is 0 Å². The van der Waals surface area contributed by atoms with Gasteiger partial charge >= 0.3 is 0 Å². The highest BCUT2D eigenvalue weighted by atomic mass is 79.9. The Balaban J connectivity index is 1.95. The lowest BCUT2D eigenvalue weighted by molar-refractivity contribution is 0.523. The minimum atomic E-state index is 0.604. The molecule has 0 aliphatic heterocycles. The number of hydrogen-bond donors (Lipinski definition) is 1.